The third-order valence-corrected chi connectivity index (χ3v) is 2.84. The normalized spacial score (nSPS) is 11.9. The number of hydrogen-bond donors (Lipinski definition) is 2. The van der Waals surface area contributed by atoms with E-state index in [0.29, 0.717) is 6.42 Å². The number of aliphatic hydroxyl groups is 1. The molecule has 0 aliphatic heterocycles. The standard InChI is InChI=1S/C15H15FN2O2/c16-12-6-7-14(17-9-12)15(20)18-13(10-19)8-11-4-2-1-3-5-11/h1-7,9,13,19H,8,10H2,(H,18,20)/t13-/m1/s1. The number of carbonyl (C=O) groups excluding carboxylic acids is 1. The maximum Gasteiger partial charge on any atom is 0.270 e. The van der Waals surface area contributed by atoms with Gasteiger partial charge in [-0.05, 0) is 24.1 Å². The number of rotatable bonds is 5. The first-order chi connectivity index (χ1) is 9.69. The summed E-state index contributed by atoms with van der Waals surface area (Å²) >= 11 is 0. The lowest BCUT2D eigenvalue weighted by atomic mass is 10.1. The van der Waals surface area contributed by atoms with E-state index in [9.17, 15) is 14.3 Å². The molecule has 104 valence electrons. The van der Waals surface area contributed by atoms with Crippen LogP contribution in [-0.4, -0.2) is 28.6 Å². The average Bonchev–Trinajstić information content (AvgIpc) is 2.48. The minimum atomic E-state index is -0.496. The molecular weight excluding hydrogens is 259 g/mol. The van der Waals surface area contributed by atoms with Gasteiger partial charge in [-0.3, -0.25) is 4.79 Å². The molecule has 2 N–H and O–H groups in total. The first-order valence-electron chi connectivity index (χ1n) is 6.26. The number of halogens is 1. The molecule has 0 bridgehead atoms. The number of amides is 1. The summed E-state index contributed by atoms with van der Waals surface area (Å²) in [4.78, 5) is 15.6. The van der Waals surface area contributed by atoms with Crippen molar-refractivity contribution < 1.29 is 14.3 Å². The van der Waals surface area contributed by atoms with E-state index in [1.807, 2.05) is 30.3 Å². The molecule has 2 rings (SSSR count). The summed E-state index contributed by atoms with van der Waals surface area (Å²) in [5.74, 6) is -0.926. The van der Waals surface area contributed by atoms with Crippen molar-refractivity contribution in [1.82, 2.24) is 10.3 Å². The molecule has 5 heteroatoms. The van der Waals surface area contributed by atoms with E-state index < -0.39 is 17.8 Å². The average molecular weight is 274 g/mol. The Hall–Kier alpha value is -2.27. The zero-order valence-corrected chi connectivity index (χ0v) is 10.8. The van der Waals surface area contributed by atoms with Crippen LogP contribution in [0.15, 0.2) is 48.7 Å². The first-order valence-corrected chi connectivity index (χ1v) is 6.26. The number of carbonyl (C=O) groups is 1. The Labute approximate surface area is 116 Å². The molecule has 1 aromatic carbocycles. The molecule has 1 atom stereocenters. The van der Waals surface area contributed by atoms with Crippen molar-refractivity contribution in [3.8, 4) is 0 Å². The molecule has 2 aromatic rings. The highest BCUT2D eigenvalue weighted by Crippen LogP contribution is 2.04. The summed E-state index contributed by atoms with van der Waals surface area (Å²) < 4.78 is 12.7. The smallest absolute Gasteiger partial charge is 0.270 e. The molecule has 0 fully saturated rings. The lowest BCUT2D eigenvalue weighted by molar-refractivity contribution is 0.0911. The van der Waals surface area contributed by atoms with Crippen LogP contribution in [0.4, 0.5) is 4.39 Å². The van der Waals surface area contributed by atoms with Crippen LogP contribution >= 0.6 is 0 Å². The SMILES string of the molecule is O=C(N[C@@H](CO)Cc1ccccc1)c1ccc(F)cn1. The van der Waals surface area contributed by atoms with Gasteiger partial charge in [0.1, 0.15) is 11.5 Å². The minimum absolute atomic E-state index is 0.123. The van der Waals surface area contributed by atoms with Crippen molar-refractivity contribution in [3.05, 3.63) is 65.7 Å². The molecule has 20 heavy (non-hydrogen) atoms. The Balaban J connectivity index is 1.99. The van der Waals surface area contributed by atoms with Crippen LogP contribution in [0.25, 0.3) is 0 Å². The van der Waals surface area contributed by atoms with E-state index in [1.165, 1.54) is 12.1 Å². The molecule has 0 aliphatic rings. The molecule has 1 amide bonds. The fourth-order valence-corrected chi connectivity index (χ4v) is 1.83. The molecular formula is C15H15FN2O2. The van der Waals surface area contributed by atoms with E-state index >= 15 is 0 Å². The summed E-state index contributed by atoms with van der Waals surface area (Å²) in [5, 5.41) is 12.0. The molecule has 4 nitrogen and oxygen atoms in total. The van der Waals surface area contributed by atoms with Crippen LogP contribution in [0, 0.1) is 5.82 Å². The zero-order chi connectivity index (χ0) is 14.4. The van der Waals surface area contributed by atoms with Gasteiger partial charge < -0.3 is 10.4 Å². The summed E-state index contributed by atoms with van der Waals surface area (Å²) in [7, 11) is 0. The number of aliphatic hydroxyl groups excluding tert-OH is 1. The van der Waals surface area contributed by atoms with Gasteiger partial charge in [-0.15, -0.1) is 0 Å². The van der Waals surface area contributed by atoms with Crippen molar-refractivity contribution >= 4 is 5.91 Å². The Morgan fingerprint density at radius 2 is 2.00 bits per heavy atom. The highest BCUT2D eigenvalue weighted by molar-refractivity contribution is 5.92. The zero-order valence-electron chi connectivity index (χ0n) is 10.8. The Bertz CT molecular complexity index is 558. The third-order valence-electron chi connectivity index (χ3n) is 2.84. The van der Waals surface area contributed by atoms with Crippen LogP contribution in [0.1, 0.15) is 16.1 Å². The lowest BCUT2D eigenvalue weighted by Gasteiger charge is -2.16. The second-order valence-electron chi connectivity index (χ2n) is 4.40. The molecule has 0 aliphatic carbocycles. The quantitative estimate of drug-likeness (QED) is 0.869. The summed E-state index contributed by atoms with van der Waals surface area (Å²) in [5.41, 5.74) is 1.14. The second kappa shape index (κ2) is 6.77. The number of hydrogen-bond acceptors (Lipinski definition) is 3. The van der Waals surface area contributed by atoms with Crippen molar-refractivity contribution in [2.75, 3.05) is 6.61 Å². The maximum absolute atomic E-state index is 12.7. The van der Waals surface area contributed by atoms with E-state index in [1.54, 1.807) is 0 Å². The number of nitrogens with one attached hydrogen (secondary N) is 1. The maximum atomic E-state index is 12.7. The number of benzene rings is 1. The number of nitrogens with zero attached hydrogens (tertiary/aromatic N) is 1. The van der Waals surface area contributed by atoms with Crippen molar-refractivity contribution in [1.29, 1.82) is 0 Å². The topological polar surface area (TPSA) is 62.2 Å². The van der Waals surface area contributed by atoms with Crippen LogP contribution < -0.4 is 5.32 Å². The van der Waals surface area contributed by atoms with E-state index in [0.717, 1.165) is 11.8 Å². The van der Waals surface area contributed by atoms with Gasteiger partial charge in [0.15, 0.2) is 0 Å². The first kappa shape index (κ1) is 14.1. The number of pyridine rings is 1. The Kier molecular flexibility index (Phi) is 4.79. The van der Waals surface area contributed by atoms with Gasteiger partial charge in [-0.2, -0.15) is 0 Å². The molecule has 1 heterocycles. The van der Waals surface area contributed by atoms with Crippen LogP contribution in [-0.2, 0) is 6.42 Å². The molecule has 0 saturated carbocycles. The fourth-order valence-electron chi connectivity index (χ4n) is 1.83. The van der Waals surface area contributed by atoms with Gasteiger partial charge in [0.05, 0.1) is 18.8 Å². The summed E-state index contributed by atoms with van der Waals surface area (Å²) in [6.45, 7) is -0.179. The third kappa shape index (κ3) is 3.86. The molecule has 0 saturated heterocycles. The monoisotopic (exact) mass is 274 g/mol. The van der Waals surface area contributed by atoms with Gasteiger partial charge in [0.25, 0.3) is 5.91 Å². The molecule has 1 aromatic heterocycles. The largest absolute Gasteiger partial charge is 0.394 e. The van der Waals surface area contributed by atoms with Crippen molar-refractivity contribution in [3.63, 3.8) is 0 Å². The van der Waals surface area contributed by atoms with Crippen molar-refractivity contribution in [2.45, 2.75) is 12.5 Å². The van der Waals surface area contributed by atoms with Gasteiger partial charge in [0, 0.05) is 0 Å². The van der Waals surface area contributed by atoms with Crippen molar-refractivity contribution in [2.24, 2.45) is 0 Å². The van der Waals surface area contributed by atoms with Gasteiger partial charge in [-0.25, -0.2) is 9.37 Å². The predicted octanol–water partition coefficient (Wildman–Crippen LogP) is 1.55. The van der Waals surface area contributed by atoms with E-state index in [4.69, 9.17) is 0 Å². The second-order valence-corrected chi connectivity index (χ2v) is 4.40. The fraction of sp³-hybridized carbons (Fsp3) is 0.200. The van der Waals surface area contributed by atoms with Gasteiger partial charge in [0.2, 0.25) is 0 Å². The molecule has 0 unspecified atom stereocenters. The number of aromatic nitrogens is 1. The highest BCUT2D eigenvalue weighted by atomic mass is 19.1. The Morgan fingerprint density at radius 1 is 1.25 bits per heavy atom. The summed E-state index contributed by atoms with van der Waals surface area (Å²) in [6.07, 6.45) is 1.50. The van der Waals surface area contributed by atoms with Gasteiger partial charge >= 0.3 is 0 Å². The summed E-state index contributed by atoms with van der Waals surface area (Å²) in [6, 6.07) is 11.6. The van der Waals surface area contributed by atoms with Crippen LogP contribution in [0.2, 0.25) is 0 Å². The van der Waals surface area contributed by atoms with Crippen LogP contribution in [0.3, 0.4) is 0 Å². The van der Waals surface area contributed by atoms with E-state index in [-0.39, 0.29) is 12.3 Å². The Morgan fingerprint density at radius 3 is 2.60 bits per heavy atom. The molecule has 0 radical (unpaired) electrons. The van der Waals surface area contributed by atoms with Gasteiger partial charge in [-0.1, -0.05) is 30.3 Å². The highest BCUT2D eigenvalue weighted by Gasteiger charge is 2.14. The van der Waals surface area contributed by atoms with Crippen LogP contribution in [0.5, 0.6) is 0 Å². The minimum Gasteiger partial charge on any atom is -0.394 e. The van der Waals surface area contributed by atoms with E-state index in [2.05, 4.69) is 10.3 Å². The molecule has 0 spiro atoms. The lowest BCUT2D eigenvalue weighted by Crippen LogP contribution is -2.39. The predicted molar refractivity (Wildman–Crippen MR) is 72.7 cm³/mol.